The number of benzene rings is 3. The molecule has 7 nitrogen and oxygen atoms in total. The second kappa shape index (κ2) is 12.5. The third kappa shape index (κ3) is 6.66. The molecule has 1 N–H and O–H groups in total. The van der Waals surface area contributed by atoms with Crippen LogP contribution in [0.1, 0.15) is 43.9 Å². The average Bonchev–Trinajstić information content (AvgIpc) is 3.39. The van der Waals surface area contributed by atoms with Gasteiger partial charge in [-0.3, -0.25) is 4.79 Å². The number of nitrogens with zero attached hydrogens (tertiary/aromatic N) is 1. The lowest BCUT2D eigenvalue weighted by molar-refractivity contribution is -0.148. The molecule has 0 aromatic heterocycles. The molecule has 0 radical (unpaired) electrons. The van der Waals surface area contributed by atoms with Gasteiger partial charge in [-0.05, 0) is 84.2 Å². The maximum Gasteiger partial charge on any atom is 0.303 e. The zero-order valence-electron chi connectivity index (χ0n) is 22.4. The van der Waals surface area contributed by atoms with Gasteiger partial charge < -0.3 is 29.0 Å². The van der Waals surface area contributed by atoms with E-state index in [0.717, 1.165) is 52.3 Å². The number of fused-ring (bicyclic) bond motifs is 1. The number of ether oxygens (including phenoxy) is 4. The first kappa shape index (κ1) is 27.1. The Kier molecular flexibility index (Phi) is 8.92. The molecule has 0 saturated carbocycles. The van der Waals surface area contributed by atoms with E-state index in [2.05, 4.69) is 18.7 Å². The first-order chi connectivity index (χ1) is 18.4. The number of phenolic OH excluding ortho intramolecular Hbond substituents is 1. The molecule has 0 aliphatic carbocycles. The van der Waals surface area contributed by atoms with E-state index < -0.39 is 0 Å². The molecular weight excluding hydrogens is 482 g/mol. The molecule has 1 atom stereocenters. The smallest absolute Gasteiger partial charge is 0.303 e. The van der Waals surface area contributed by atoms with Crippen LogP contribution in [0, 0.1) is 0 Å². The first-order valence-corrected chi connectivity index (χ1v) is 12.9. The lowest BCUT2D eigenvalue weighted by Gasteiger charge is -2.23. The van der Waals surface area contributed by atoms with Gasteiger partial charge >= 0.3 is 5.97 Å². The van der Waals surface area contributed by atoms with Crippen LogP contribution in [0.25, 0.3) is 11.1 Å². The van der Waals surface area contributed by atoms with Crippen molar-refractivity contribution < 1.29 is 28.8 Å². The molecule has 0 bridgehead atoms. The molecule has 0 amide bonds. The van der Waals surface area contributed by atoms with E-state index in [1.807, 2.05) is 61.6 Å². The summed E-state index contributed by atoms with van der Waals surface area (Å²) < 4.78 is 22.6. The second-order valence-corrected chi connectivity index (χ2v) is 9.24. The summed E-state index contributed by atoms with van der Waals surface area (Å²) in [5, 5.41) is 9.90. The highest BCUT2D eigenvalue weighted by atomic mass is 16.7. The number of esters is 1. The van der Waals surface area contributed by atoms with E-state index in [1.165, 1.54) is 6.92 Å². The minimum absolute atomic E-state index is 0.217. The number of allylic oxidation sites excluding steroid dienone is 1. The Labute approximate surface area is 224 Å². The fraction of sp³-hybridized carbons (Fsp3) is 0.323. The molecule has 1 aliphatic rings. The molecule has 4 rings (SSSR count). The standard InChI is InChI=1S/C31H35NO6/c1-5-28(24-11-16-29-30(17-24)37-20-36-29)31(22-7-12-25(34)13-8-22)23-9-14-26(15-10-23)35-19-27(38-21(3)33)18-32(4)6-2/h7-17,27,34H,5-6,18-20H2,1-4H3. The predicted octanol–water partition coefficient (Wildman–Crippen LogP) is 5.75. The number of rotatable bonds is 11. The van der Waals surface area contributed by atoms with Crippen molar-refractivity contribution in [1.29, 1.82) is 0 Å². The summed E-state index contributed by atoms with van der Waals surface area (Å²) in [4.78, 5) is 13.6. The van der Waals surface area contributed by atoms with Gasteiger partial charge in [0.2, 0.25) is 6.79 Å². The molecule has 1 heterocycles. The van der Waals surface area contributed by atoms with Crippen LogP contribution in [0.15, 0.2) is 66.7 Å². The van der Waals surface area contributed by atoms with Crippen molar-refractivity contribution in [3.63, 3.8) is 0 Å². The highest BCUT2D eigenvalue weighted by Crippen LogP contribution is 2.40. The molecule has 1 aliphatic heterocycles. The van der Waals surface area contributed by atoms with Gasteiger partial charge in [-0.15, -0.1) is 0 Å². The largest absolute Gasteiger partial charge is 0.508 e. The minimum Gasteiger partial charge on any atom is -0.508 e. The lowest BCUT2D eigenvalue weighted by atomic mass is 9.88. The van der Waals surface area contributed by atoms with Crippen molar-refractivity contribution >= 4 is 17.1 Å². The van der Waals surface area contributed by atoms with E-state index >= 15 is 0 Å². The van der Waals surface area contributed by atoms with Gasteiger partial charge in [0.05, 0.1) is 0 Å². The van der Waals surface area contributed by atoms with Crippen LogP contribution < -0.4 is 14.2 Å². The lowest BCUT2D eigenvalue weighted by Crippen LogP contribution is -2.36. The number of aromatic hydroxyl groups is 1. The summed E-state index contributed by atoms with van der Waals surface area (Å²) in [5.41, 5.74) is 5.24. The molecule has 0 fully saturated rings. The molecule has 3 aromatic rings. The quantitative estimate of drug-likeness (QED) is 0.256. The number of phenols is 1. The van der Waals surface area contributed by atoms with Crippen LogP contribution in [0.4, 0.5) is 0 Å². The van der Waals surface area contributed by atoms with E-state index in [1.54, 1.807) is 12.1 Å². The van der Waals surface area contributed by atoms with Gasteiger partial charge in [0.25, 0.3) is 0 Å². The molecule has 0 saturated heterocycles. The summed E-state index contributed by atoms with van der Waals surface area (Å²) in [6, 6.07) is 21.1. The highest BCUT2D eigenvalue weighted by Gasteiger charge is 2.19. The Balaban J connectivity index is 1.64. The van der Waals surface area contributed by atoms with Crippen molar-refractivity contribution in [3.05, 3.63) is 83.4 Å². The van der Waals surface area contributed by atoms with E-state index in [0.29, 0.717) is 12.3 Å². The van der Waals surface area contributed by atoms with Gasteiger partial charge in [-0.25, -0.2) is 0 Å². The number of carbonyl (C=O) groups excluding carboxylic acids is 1. The summed E-state index contributed by atoms with van der Waals surface area (Å²) >= 11 is 0. The number of likely N-dealkylation sites (N-methyl/N-ethyl adjacent to an activating group) is 1. The highest BCUT2D eigenvalue weighted by molar-refractivity contribution is 5.99. The number of hydrogen-bond acceptors (Lipinski definition) is 7. The van der Waals surface area contributed by atoms with Crippen molar-refractivity contribution in [3.8, 4) is 23.0 Å². The molecule has 7 heteroatoms. The number of carbonyl (C=O) groups is 1. The van der Waals surface area contributed by atoms with Gasteiger partial charge in [-0.1, -0.05) is 44.2 Å². The first-order valence-electron chi connectivity index (χ1n) is 12.9. The van der Waals surface area contributed by atoms with Gasteiger partial charge in [0.1, 0.15) is 24.2 Å². The Morgan fingerprint density at radius 2 is 1.58 bits per heavy atom. The fourth-order valence-corrected chi connectivity index (χ4v) is 4.50. The van der Waals surface area contributed by atoms with Crippen LogP contribution in [0.3, 0.4) is 0 Å². The maximum absolute atomic E-state index is 11.6. The summed E-state index contributed by atoms with van der Waals surface area (Å²) in [6.07, 6.45) is 0.422. The van der Waals surface area contributed by atoms with Crippen LogP contribution in [-0.2, 0) is 9.53 Å². The third-order valence-corrected chi connectivity index (χ3v) is 6.50. The normalized spacial score (nSPS) is 13.7. The zero-order valence-corrected chi connectivity index (χ0v) is 22.4. The topological polar surface area (TPSA) is 77.5 Å². The molecule has 0 spiro atoms. The summed E-state index contributed by atoms with van der Waals surface area (Å²) in [7, 11) is 1.98. The van der Waals surface area contributed by atoms with Crippen molar-refractivity contribution in [1.82, 2.24) is 4.90 Å². The van der Waals surface area contributed by atoms with Crippen molar-refractivity contribution in [2.24, 2.45) is 0 Å². The SMILES string of the molecule is CCC(=C(c1ccc(O)cc1)c1ccc(OCC(CN(C)CC)OC(C)=O)cc1)c1ccc2c(c1)OCO2. The third-order valence-electron chi connectivity index (χ3n) is 6.50. The monoisotopic (exact) mass is 517 g/mol. The van der Waals surface area contributed by atoms with Gasteiger partial charge in [0.15, 0.2) is 11.5 Å². The predicted molar refractivity (Wildman–Crippen MR) is 148 cm³/mol. The molecule has 200 valence electrons. The number of hydrogen-bond donors (Lipinski definition) is 1. The molecular formula is C31H35NO6. The van der Waals surface area contributed by atoms with Crippen LogP contribution in [-0.4, -0.2) is 55.6 Å². The zero-order chi connectivity index (χ0) is 27.1. The van der Waals surface area contributed by atoms with Crippen LogP contribution in [0.5, 0.6) is 23.0 Å². The van der Waals surface area contributed by atoms with Crippen LogP contribution in [0.2, 0.25) is 0 Å². The van der Waals surface area contributed by atoms with Gasteiger partial charge in [0, 0.05) is 13.5 Å². The Bertz CT molecular complexity index is 1270. The fourth-order valence-electron chi connectivity index (χ4n) is 4.50. The average molecular weight is 518 g/mol. The van der Waals surface area contributed by atoms with E-state index in [-0.39, 0.29) is 31.2 Å². The Hall–Kier alpha value is -3.97. The van der Waals surface area contributed by atoms with Crippen molar-refractivity contribution in [2.75, 3.05) is 33.5 Å². The van der Waals surface area contributed by atoms with Crippen LogP contribution >= 0.6 is 0 Å². The van der Waals surface area contributed by atoms with Crippen molar-refractivity contribution in [2.45, 2.75) is 33.3 Å². The maximum atomic E-state index is 11.6. The Morgan fingerprint density at radius 3 is 2.21 bits per heavy atom. The summed E-state index contributed by atoms with van der Waals surface area (Å²) in [6.45, 7) is 7.53. The van der Waals surface area contributed by atoms with Gasteiger partial charge in [-0.2, -0.15) is 0 Å². The molecule has 38 heavy (non-hydrogen) atoms. The summed E-state index contributed by atoms with van der Waals surface area (Å²) in [5.74, 6) is 2.07. The Morgan fingerprint density at radius 1 is 0.947 bits per heavy atom. The second-order valence-electron chi connectivity index (χ2n) is 9.24. The van der Waals surface area contributed by atoms with E-state index in [9.17, 15) is 9.90 Å². The molecule has 1 unspecified atom stereocenters. The molecule has 3 aromatic carbocycles. The van der Waals surface area contributed by atoms with E-state index in [4.69, 9.17) is 18.9 Å². The minimum atomic E-state index is -0.359.